The first-order valence-electron chi connectivity index (χ1n) is 6.03. The number of nitrogens with zero attached hydrogens (tertiary/aromatic N) is 2. The van der Waals surface area contributed by atoms with Gasteiger partial charge < -0.3 is 16.0 Å². The quantitative estimate of drug-likeness (QED) is 0.698. The van der Waals surface area contributed by atoms with Gasteiger partial charge in [0.05, 0.1) is 6.33 Å². The normalized spacial score (nSPS) is 20.6. The molecule has 1 aromatic rings. The van der Waals surface area contributed by atoms with Crippen molar-refractivity contribution in [2.24, 2.45) is 0 Å². The molecule has 6 heteroatoms. The Balaban J connectivity index is 1.98. The van der Waals surface area contributed by atoms with Gasteiger partial charge in [0.25, 0.3) is 5.56 Å². The summed E-state index contributed by atoms with van der Waals surface area (Å²) in [6.45, 7) is 5.17. The van der Waals surface area contributed by atoms with Gasteiger partial charge in [0, 0.05) is 12.6 Å². The Morgan fingerprint density at radius 2 is 2.53 bits per heavy atom. The minimum atomic E-state index is -0.290. The van der Waals surface area contributed by atoms with E-state index in [0.717, 1.165) is 19.6 Å². The van der Waals surface area contributed by atoms with Crippen molar-refractivity contribution in [3.05, 3.63) is 16.7 Å². The summed E-state index contributed by atoms with van der Waals surface area (Å²) in [6, 6.07) is 0.514. The highest BCUT2D eigenvalue weighted by atomic mass is 16.1. The van der Waals surface area contributed by atoms with Gasteiger partial charge in [0.15, 0.2) is 5.82 Å². The second kappa shape index (κ2) is 5.18. The number of nitrogen functional groups attached to an aromatic ring is 1. The molecule has 6 nitrogen and oxygen atoms in total. The van der Waals surface area contributed by atoms with Crippen LogP contribution in [0.1, 0.15) is 19.8 Å². The Labute approximate surface area is 100 Å². The second-order valence-electron chi connectivity index (χ2n) is 4.30. The lowest BCUT2D eigenvalue weighted by molar-refractivity contribution is 0.277. The molecular formula is C11H19N5O. The number of likely N-dealkylation sites (N-methyl/N-ethyl adjacent to an activating group) is 1. The largest absolute Gasteiger partial charge is 0.391 e. The fourth-order valence-electron chi connectivity index (χ4n) is 2.31. The number of hydrogen-bond acceptors (Lipinski definition) is 5. The molecular weight excluding hydrogens is 218 g/mol. The molecule has 17 heavy (non-hydrogen) atoms. The van der Waals surface area contributed by atoms with Crippen molar-refractivity contribution in [2.45, 2.75) is 25.8 Å². The SMILES string of the molecule is CCN1CCCC1CNc1nc[nH]c(=O)c1N. The fraction of sp³-hybridized carbons (Fsp3) is 0.636. The van der Waals surface area contributed by atoms with E-state index in [1.54, 1.807) is 0 Å². The van der Waals surface area contributed by atoms with Crippen molar-refractivity contribution in [3.8, 4) is 0 Å². The number of aromatic amines is 1. The molecule has 94 valence electrons. The number of nitrogens with two attached hydrogens (primary N) is 1. The first-order chi connectivity index (χ1) is 8.22. The molecule has 0 amide bonds. The summed E-state index contributed by atoms with van der Waals surface area (Å²) in [7, 11) is 0. The first-order valence-corrected chi connectivity index (χ1v) is 6.03. The van der Waals surface area contributed by atoms with E-state index in [4.69, 9.17) is 5.73 Å². The number of anilines is 2. The predicted octanol–water partition coefficient (Wildman–Crippen LogP) is 0.248. The van der Waals surface area contributed by atoms with E-state index in [2.05, 4.69) is 27.1 Å². The van der Waals surface area contributed by atoms with E-state index in [0.29, 0.717) is 11.9 Å². The Bertz CT molecular complexity index is 430. The third kappa shape index (κ3) is 2.58. The van der Waals surface area contributed by atoms with Gasteiger partial charge in [-0.25, -0.2) is 4.98 Å². The summed E-state index contributed by atoms with van der Waals surface area (Å²) in [4.78, 5) is 20.2. The van der Waals surface area contributed by atoms with Gasteiger partial charge in [-0.15, -0.1) is 0 Å². The lowest BCUT2D eigenvalue weighted by Crippen LogP contribution is -2.35. The van der Waals surface area contributed by atoms with Crippen LogP contribution in [-0.2, 0) is 0 Å². The van der Waals surface area contributed by atoms with Crippen LogP contribution in [0, 0.1) is 0 Å². The van der Waals surface area contributed by atoms with Crippen molar-refractivity contribution in [1.29, 1.82) is 0 Å². The lowest BCUT2D eigenvalue weighted by Gasteiger charge is -2.23. The van der Waals surface area contributed by atoms with Crippen LogP contribution in [-0.4, -0.2) is 40.5 Å². The number of H-pyrrole nitrogens is 1. The average molecular weight is 237 g/mol. The van der Waals surface area contributed by atoms with Crippen molar-refractivity contribution < 1.29 is 0 Å². The van der Waals surface area contributed by atoms with Crippen molar-refractivity contribution in [1.82, 2.24) is 14.9 Å². The number of hydrogen-bond donors (Lipinski definition) is 3. The predicted molar refractivity (Wildman–Crippen MR) is 68.0 cm³/mol. The van der Waals surface area contributed by atoms with Crippen molar-refractivity contribution in [2.75, 3.05) is 30.7 Å². The lowest BCUT2D eigenvalue weighted by atomic mass is 10.2. The molecule has 1 aromatic heterocycles. The van der Waals surface area contributed by atoms with Crippen molar-refractivity contribution in [3.63, 3.8) is 0 Å². The van der Waals surface area contributed by atoms with Crippen LogP contribution >= 0.6 is 0 Å². The highest BCUT2D eigenvalue weighted by molar-refractivity contribution is 5.58. The minimum absolute atomic E-state index is 0.161. The van der Waals surface area contributed by atoms with Crippen LogP contribution < -0.4 is 16.6 Å². The van der Waals surface area contributed by atoms with Crippen LogP contribution in [0.2, 0.25) is 0 Å². The van der Waals surface area contributed by atoms with Gasteiger partial charge in [-0.1, -0.05) is 6.92 Å². The number of aromatic nitrogens is 2. The molecule has 1 unspecified atom stereocenters. The molecule has 1 fully saturated rings. The van der Waals surface area contributed by atoms with Crippen LogP contribution in [0.4, 0.5) is 11.5 Å². The molecule has 2 rings (SSSR count). The molecule has 0 aliphatic carbocycles. The molecule has 1 atom stereocenters. The van der Waals surface area contributed by atoms with E-state index in [-0.39, 0.29) is 11.2 Å². The molecule has 0 aromatic carbocycles. The smallest absolute Gasteiger partial charge is 0.276 e. The van der Waals surface area contributed by atoms with E-state index in [9.17, 15) is 4.79 Å². The maximum absolute atomic E-state index is 11.3. The standard InChI is InChI=1S/C11H19N5O/c1-2-16-5-3-4-8(16)6-13-10-9(12)11(17)15-7-14-10/h7-8H,2-6,12H2,1H3,(H2,13,14,15,17). The number of rotatable bonds is 4. The Morgan fingerprint density at radius 1 is 1.71 bits per heavy atom. The summed E-state index contributed by atoms with van der Waals surface area (Å²) in [5.41, 5.74) is 5.52. The molecule has 0 bridgehead atoms. The maximum atomic E-state index is 11.3. The molecule has 4 N–H and O–H groups in total. The van der Waals surface area contributed by atoms with Crippen molar-refractivity contribution >= 4 is 11.5 Å². The van der Waals surface area contributed by atoms with Gasteiger partial charge in [-0.3, -0.25) is 9.69 Å². The molecule has 2 heterocycles. The number of likely N-dealkylation sites (tertiary alicyclic amines) is 1. The van der Waals surface area contributed by atoms with Gasteiger partial charge >= 0.3 is 0 Å². The molecule has 1 aliphatic heterocycles. The monoisotopic (exact) mass is 237 g/mol. The molecule has 0 spiro atoms. The van der Waals surface area contributed by atoms with Gasteiger partial charge in [0.1, 0.15) is 5.69 Å². The fourth-order valence-corrected chi connectivity index (χ4v) is 2.31. The molecule has 1 aliphatic rings. The third-order valence-electron chi connectivity index (χ3n) is 3.30. The van der Waals surface area contributed by atoms with Crippen LogP contribution in [0.3, 0.4) is 0 Å². The zero-order valence-corrected chi connectivity index (χ0v) is 10.1. The van der Waals surface area contributed by atoms with Crippen LogP contribution in [0.5, 0.6) is 0 Å². The molecule has 0 radical (unpaired) electrons. The Hall–Kier alpha value is -1.56. The van der Waals surface area contributed by atoms with E-state index < -0.39 is 0 Å². The molecule has 0 saturated carbocycles. The van der Waals surface area contributed by atoms with Gasteiger partial charge in [-0.2, -0.15) is 0 Å². The number of nitrogens with one attached hydrogen (secondary N) is 2. The summed E-state index contributed by atoms with van der Waals surface area (Å²) < 4.78 is 0. The zero-order valence-electron chi connectivity index (χ0n) is 10.1. The summed E-state index contributed by atoms with van der Waals surface area (Å²) in [6.07, 6.45) is 3.79. The van der Waals surface area contributed by atoms with Gasteiger partial charge in [0.2, 0.25) is 0 Å². The van der Waals surface area contributed by atoms with E-state index in [1.165, 1.54) is 19.2 Å². The Kier molecular flexibility index (Phi) is 3.63. The Morgan fingerprint density at radius 3 is 3.29 bits per heavy atom. The topological polar surface area (TPSA) is 87.0 Å². The van der Waals surface area contributed by atoms with Crippen LogP contribution in [0.25, 0.3) is 0 Å². The van der Waals surface area contributed by atoms with Gasteiger partial charge in [-0.05, 0) is 25.9 Å². The van der Waals surface area contributed by atoms with E-state index >= 15 is 0 Å². The third-order valence-corrected chi connectivity index (χ3v) is 3.30. The molecule has 1 saturated heterocycles. The summed E-state index contributed by atoms with van der Waals surface area (Å²) in [5.74, 6) is 0.483. The second-order valence-corrected chi connectivity index (χ2v) is 4.30. The maximum Gasteiger partial charge on any atom is 0.276 e. The highest BCUT2D eigenvalue weighted by Gasteiger charge is 2.22. The van der Waals surface area contributed by atoms with E-state index in [1.807, 2.05) is 0 Å². The highest BCUT2D eigenvalue weighted by Crippen LogP contribution is 2.17. The summed E-state index contributed by atoms with van der Waals surface area (Å²) >= 11 is 0. The zero-order chi connectivity index (χ0) is 12.3. The van der Waals surface area contributed by atoms with Crippen LogP contribution in [0.15, 0.2) is 11.1 Å². The minimum Gasteiger partial charge on any atom is -0.391 e. The first kappa shape index (κ1) is 11.9. The summed E-state index contributed by atoms with van der Waals surface area (Å²) in [5, 5.41) is 3.16. The average Bonchev–Trinajstić information content (AvgIpc) is 2.78.